The minimum atomic E-state index is -0.197. The van der Waals surface area contributed by atoms with Crippen molar-refractivity contribution in [2.75, 3.05) is 13.2 Å². The zero-order chi connectivity index (χ0) is 19.8. The number of amides is 1. The summed E-state index contributed by atoms with van der Waals surface area (Å²) < 4.78 is 7.53. The first-order valence-corrected chi connectivity index (χ1v) is 9.16. The number of ketones is 1. The zero-order valence-electron chi connectivity index (χ0n) is 15.8. The fourth-order valence-corrected chi connectivity index (χ4v) is 2.79. The van der Waals surface area contributed by atoms with Gasteiger partial charge in [0.15, 0.2) is 12.4 Å². The third kappa shape index (κ3) is 5.54. The molecule has 144 valence electrons. The van der Waals surface area contributed by atoms with Crippen LogP contribution in [-0.4, -0.2) is 34.4 Å². The van der Waals surface area contributed by atoms with Gasteiger partial charge in [0.1, 0.15) is 11.6 Å². The van der Waals surface area contributed by atoms with Crippen molar-refractivity contribution in [1.82, 2.24) is 14.9 Å². The monoisotopic (exact) mass is 377 g/mol. The van der Waals surface area contributed by atoms with Crippen LogP contribution in [0.2, 0.25) is 0 Å². The molecule has 1 amide bonds. The highest BCUT2D eigenvalue weighted by Crippen LogP contribution is 2.12. The highest BCUT2D eigenvalue weighted by atomic mass is 16.5. The van der Waals surface area contributed by atoms with Crippen LogP contribution < -0.4 is 10.1 Å². The predicted molar refractivity (Wildman–Crippen MR) is 106 cm³/mol. The fourth-order valence-electron chi connectivity index (χ4n) is 2.79. The fraction of sp³-hybridized carbons (Fsp3) is 0.227. The molecular formula is C22H23N3O3. The number of rotatable bonds is 9. The first-order valence-electron chi connectivity index (χ1n) is 9.16. The average Bonchev–Trinajstić information content (AvgIpc) is 3.14. The van der Waals surface area contributed by atoms with Crippen LogP contribution in [0.25, 0.3) is 0 Å². The van der Waals surface area contributed by atoms with Gasteiger partial charge in [0, 0.05) is 37.5 Å². The van der Waals surface area contributed by atoms with Gasteiger partial charge in [-0.25, -0.2) is 4.98 Å². The summed E-state index contributed by atoms with van der Waals surface area (Å²) in [5.41, 5.74) is 1.82. The Morgan fingerprint density at radius 3 is 2.54 bits per heavy atom. The smallest absolute Gasteiger partial charge is 0.257 e. The van der Waals surface area contributed by atoms with Gasteiger partial charge in [-0.15, -0.1) is 0 Å². The van der Waals surface area contributed by atoms with E-state index in [1.807, 2.05) is 24.4 Å². The Hall–Kier alpha value is -3.41. The second kappa shape index (κ2) is 9.50. The molecule has 0 atom stereocenters. The lowest BCUT2D eigenvalue weighted by Gasteiger charge is -2.10. The normalized spacial score (nSPS) is 10.5. The summed E-state index contributed by atoms with van der Waals surface area (Å²) in [6.45, 7) is 2.67. The van der Waals surface area contributed by atoms with E-state index in [1.54, 1.807) is 30.5 Å². The van der Waals surface area contributed by atoms with Gasteiger partial charge in [-0.3, -0.25) is 9.59 Å². The molecule has 0 spiro atoms. The van der Waals surface area contributed by atoms with E-state index >= 15 is 0 Å². The maximum Gasteiger partial charge on any atom is 0.257 e. The van der Waals surface area contributed by atoms with Crippen LogP contribution in [0, 0.1) is 0 Å². The van der Waals surface area contributed by atoms with Crippen LogP contribution in [0.5, 0.6) is 5.75 Å². The summed E-state index contributed by atoms with van der Waals surface area (Å²) in [5.74, 6) is 1.27. The minimum absolute atomic E-state index is 0.00471. The molecular weight excluding hydrogens is 354 g/mol. The average molecular weight is 377 g/mol. The summed E-state index contributed by atoms with van der Waals surface area (Å²) in [7, 11) is 0. The summed E-state index contributed by atoms with van der Waals surface area (Å²) >= 11 is 0. The van der Waals surface area contributed by atoms with Crippen molar-refractivity contribution in [3.63, 3.8) is 0 Å². The molecule has 28 heavy (non-hydrogen) atoms. The Balaban J connectivity index is 1.42. The van der Waals surface area contributed by atoms with Crippen LogP contribution >= 0.6 is 0 Å². The molecule has 2 aromatic carbocycles. The van der Waals surface area contributed by atoms with Gasteiger partial charge < -0.3 is 14.6 Å². The molecule has 0 unspecified atom stereocenters. The highest BCUT2D eigenvalue weighted by molar-refractivity contribution is 5.94. The largest absolute Gasteiger partial charge is 0.484 e. The van der Waals surface area contributed by atoms with Crippen LogP contribution in [0.1, 0.15) is 28.7 Å². The van der Waals surface area contributed by atoms with Gasteiger partial charge in [0.05, 0.1) is 0 Å². The number of nitrogens with one attached hydrogen (secondary N) is 1. The molecule has 0 aliphatic carbocycles. The van der Waals surface area contributed by atoms with Crippen molar-refractivity contribution < 1.29 is 14.3 Å². The predicted octanol–water partition coefficient (Wildman–Crippen LogP) is 2.87. The molecule has 6 nitrogen and oxygen atoms in total. The zero-order valence-corrected chi connectivity index (χ0v) is 15.8. The Kier molecular flexibility index (Phi) is 6.57. The van der Waals surface area contributed by atoms with E-state index in [2.05, 4.69) is 27.0 Å². The number of imidazole rings is 1. The third-order valence-electron chi connectivity index (χ3n) is 4.30. The second-order valence-electron chi connectivity index (χ2n) is 6.43. The van der Waals surface area contributed by atoms with Crippen molar-refractivity contribution in [2.24, 2.45) is 0 Å². The lowest BCUT2D eigenvalue weighted by Crippen LogP contribution is -2.31. The minimum Gasteiger partial charge on any atom is -0.484 e. The molecule has 1 heterocycles. The van der Waals surface area contributed by atoms with Crippen LogP contribution in [0.15, 0.2) is 67.0 Å². The Morgan fingerprint density at radius 1 is 1.07 bits per heavy atom. The SMILES string of the molecule is CC(=O)c1ccc(OCC(=O)NCCc2nccn2Cc2ccccc2)cc1. The third-order valence-corrected chi connectivity index (χ3v) is 4.30. The van der Waals surface area contributed by atoms with E-state index in [1.165, 1.54) is 12.5 Å². The van der Waals surface area contributed by atoms with Gasteiger partial charge in [-0.05, 0) is 36.8 Å². The number of carbonyl (C=O) groups excluding carboxylic acids is 2. The molecule has 0 saturated carbocycles. The maximum absolute atomic E-state index is 12.0. The van der Waals surface area contributed by atoms with Crippen molar-refractivity contribution in [2.45, 2.75) is 19.9 Å². The topological polar surface area (TPSA) is 73.2 Å². The van der Waals surface area contributed by atoms with Gasteiger partial charge >= 0.3 is 0 Å². The lowest BCUT2D eigenvalue weighted by molar-refractivity contribution is -0.123. The Morgan fingerprint density at radius 2 is 1.82 bits per heavy atom. The van der Waals surface area contributed by atoms with Crippen LogP contribution in [-0.2, 0) is 17.8 Å². The lowest BCUT2D eigenvalue weighted by atomic mass is 10.1. The van der Waals surface area contributed by atoms with Gasteiger partial charge in [-0.1, -0.05) is 30.3 Å². The standard InChI is InChI=1S/C22H23N3O3/c1-17(26)19-7-9-20(10-8-19)28-16-22(27)24-12-11-21-23-13-14-25(21)15-18-5-3-2-4-6-18/h2-10,13-14H,11-12,15-16H2,1H3,(H,24,27). The van der Waals surface area contributed by atoms with E-state index in [9.17, 15) is 9.59 Å². The molecule has 1 N–H and O–H groups in total. The number of Topliss-reactive ketones (excluding diaryl/α,β-unsaturated/α-hetero) is 1. The quantitative estimate of drug-likeness (QED) is 0.582. The van der Waals surface area contributed by atoms with Crippen LogP contribution in [0.4, 0.5) is 0 Å². The molecule has 0 aliphatic heterocycles. The number of hydrogen-bond acceptors (Lipinski definition) is 4. The molecule has 0 bridgehead atoms. The number of carbonyl (C=O) groups is 2. The highest BCUT2D eigenvalue weighted by Gasteiger charge is 2.07. The summed E-state index contributed by atoms with van der Waals surface area (Å²) in [6, 6.07) is 16.9. The molecule has 0 radical (unpaired) electrons. The number of aromatic nitrogens is 2. The first-order chi connectivity index (χ1) is 13.6. The van der Waals surface area contributed by atoms with Gasteiger partial charge in [-0.2, -0.15) is 0 Å². The van der Waals surface area contributed by atoms with E-state index in [-0.39, 0.29) is 18.3 Å². The van der Waals surface area contributed by atoms with Crippen molar-refractivity contribution >= 4 is 11.7 Å². The molecule has 1 aromatic heterocycles. The molecule has 0 aliphatic rings. The summed E-state index contributed by atoms with van der Waals surface area (Å²) in [5, 5.41) is 2.84. The second-order valence-corrected chi connectivity index (χ2v) is 6.43. The van der Waals surface area contributed by atoms with E-state index < -0.39 is 0 Å². The number of hydrogen-bond donors (Lipinski definition) is 1. The van der Waals surface area contributed by atoms with Crippen molar-refractivity contribution in [3.05, 3.63) is 83.9 Å². The molecule has 6 heteroatoms. The Bertz CT molecular complexity index is 918. The molecule has 0 saturated heterocycles. The summed E-state index contributed by atoms with van der Waals surface area (Å²) in [6.07, 6.45) is 4.35. The van der Waals surface area contributed by atoms with Crippen molar-refractivity contribution in [1.29, 1.82) is 0 Å². The molecule has 3 rings (SSSR count). The first kappa shape index (κ1) is 19.4. The summed E-state index contributed by atoms with van der Waals surface area (Å²) in [4.78, 5) is 27.6. The maximum atomic E-state index is 12.0. The molecule has 3 aromatic rings. The molecule has 0 fully saturated rings. The van der Waals surface area contributed by atoms with Gasteiger partial charge in [0.25, 0.3) is 5.91 Å². The van der Waals surface area contributed by atoms with E-state index in [4.69, 9.17) is 4.74 Å². The number of nitrogens with zero attached hydrogens (tertiary/aromatic N) is 2. The van der Waals surface area contributed by atoms with Crippen LogP contribution in [0.3, 0.4) is 0 Å². The van der Waals surface area contributed by atoms with Crippen molar-refractivity contribution in [3.8, 4) is 5.75 Å². The van der Waals surface area contributed by atoms with Gasteiger partial charge in [0.2, 0.25) is 0 Å². The number of benzene rings is 2. The number of ether oxygens (including phenoxy) is 1. The van der Waals surface area contributed by atoms with E-state index in [0.717, 1.165) is 12.4 Å². The Labute approximate surface area is 164 Å². The van der Waals surface area contributed by atoms with E-state index in [0.29, 0.717) is 24.3 Å².